The van der Waals surface area contributed by atoms with Crippen LogP contribution in [-0.2, 0) is 9.47 Å². The highest BCUT2D eigenvalue weighted by atomic mass is 16.5. The molecular formula is C16H25N3O2. The average molecular weight is 291 g/mol. The summed E-state index contributed by atoms with van der Waals surface area (Å²) >= 11 is 0. The molecule has 1 spiro atoms. The van der Waals surface area contributed by atoms with E-state index in [1.54, 1.807) is 12.4 Å². The maximum Gasteiger partial charge on any atom is 0.0758 e. The monoisotopic (exact) mass is 291 g/mol. The molecule has 1 aromatic heterocycles. The van der Waals surface area contributed by atoms with Crippen molar-refractivity contribution in [3.63, 3.8) is 0 Å². The van der Waals surface area contributed by atoms with E-state index in [0.717, 1.165) is 57.7 Å². The minimum Gasteiger partial charge on any atom is -0.381 e. The number of rotatable bonds is 4. The molecule has 5 heteroatoms. The first-order valence-electron chi connectivity index (χ1n) is 8.04. The third-order valence-electron chi connectivity index (χ3n) is 4.73. The zero-order valence-corrected chi connectivity index (χ0v) is 12.8. The second-order valence-corrected chi connectivity index (χ2v) is 6.06. The lowest BCUT2D eigenvalue weighted by Crippen LogP contribution is -2.47. The van der Waals surface area contributed by atoms with E-state index in [1.807, 2.05) is 6.20 Å². The van der Waals surface area contributed by atoms with E-state index in [2.05, 4.69) is 22.2 Å². The molecule has 0 saturated carbocycles. The van der Waals surface area contributed by atoms with Gasteiger partial charge in [0.05, 0.1) is 17.3 Å². The van der Waals surface area contributed by atoms with E-state index >= 15 is 0 Å². The molecule has 21 heavy (non-hydrogen) atoms. The zero-order chi connectivity index (χ0) is 14.5. The van der Waals surface area contributed by atoms with Gasteiger partial charge < -0.3 is 14.8 Å². The molecule has 1 aromatic rings. The van der Waals surface area contributed by atoms with Crippen LogP contribution in [0.25, 0.3) is 0 Å². The Morgan fingerprint density at radius 1 is 1.33 bits per heavy atom. The molecule has 2 atom stereocenters. The van der Waals surface area contributed by atoms with Gasteiger partial charge in [0.25, 0.3) is 0 Å². The fourth-order valence-corrected chi connectivity index (χ4v) is 3.65. The molecule has 2 unspecified atom stereocenters. The summed E-state index contributed by atoms with van der Waals surface area (Å²) in [6.45, 7) is 5.57. The lowest BCUT2D eigenvalue weighted by molar-refractivity contribution is -0.150. The molecule has 1 N–H and O–H groups in total. The van der Waals surface area contributed by atoms with Crippen molar-refractivity contribution in [2.24, 2.45) is 5.92 Å². The Bertz CT molecular complexity index is 429. The van der Waals surface area contributed by atoms with Crippen molar-refractivity contribution in [3.05, 3.63) is 24.3 Å². The van der Waals surface area contributed by atoms with Crippen LogP contribution in [0.2, 0.25) is 0 Å². The van der Waals surface area contributed by atoms with Gasteiger partial charge in [-0.15, -0.1) is 0 Å². The summed E-state index contributed by atoms with van der Waals surface area (Å²) in [4.78, 5) is 8.75. The van der Waals surface area contributed by atoms with Crippen molar-refractivity contribution >= 4 is 0 Å². The van der Waals surface area contributed by atoms with E-state index in [1.165, 1.54) is 0 Å². The van der Waals surface area contributed by atoms with Gasteiger partial charge in [-0.25, -0.2) is 0 Å². The summed E-state index contributed by atoms with van der Waals surface area (Å²) < 4.78 is 11.7. The summed E-state index contributed by atoms with van der Waals surface area (Å²) in [7, 11) is 0. The minimum absolute atomic E-state index is 0.0248. The van der Waals surface area contributed by atoms with Crippen LogP contribution in [0.3, 0.4) is 0 Å². The molecular weight excluding hydrogens is 266 g/mol. The van der Waals surface area contributed by atoms with Crippen molar-refractivity contribution in [1.82, 2.24) is 15.3 Å². The minimum atomic E-state index is 0.0248. The Morgan fingerprint density at radius 2 is 2.19 bits per heavy atom. The molecule has 2 aliphatic heterocycles. The molecule has 0 radical (unpaired) electrons. The van der Waals surface area contributed by atoms with E-state index < -0.39 is 0 Å². The quantitative estimate of drug-likeness (QED) is 0.920. The molecule has 116 valence electrons. The average Bonchev–Trinajstić information content (AvgIpc) is 2.54. The summed E-state index contributed by atoms with van der Waals surface area (Å²) in [5, 5.41) is 3.60. The van der Waals surface area contributed by atoms with Gasteiger partial charge in [-0.1, -0.05) is 6.92 Å². The summed E-state index contributed by atoms with van der Waals surface area (Å²) in [6, 6.07) is 0.271. The van der Waals surface area contributed by atoms with Gasteiger partial charge in [-0.3, -0.25) is 9.97 Å². The van der Waals surface area contributed by atoms with Crippen molar-refractivity contribution < 1.29 is 9.47 Å². The first kappa shape index (κ1) is 14.9. The molecule has 2 fully saturated rings. The molecule has 0 bridgehead atoms. The molecule has 0 aliphatic carbocycles. The van der Waals surface area contributed by atoms with Crippen LogP contribution in [0.5, 0.6) is 0 Å². The lowest BCUT2D eigenvalue weighted by atomic mass is 9.77. The van der Waals surface area contributed by atoms with E-state index in [0.29, 0.717) is 5.92 Å². The van der Waals surface area contributed by atoms with Crippen LogP contribution >= 0.6 is 0 Å². The van der Waals surface area contributed by atoms with Gasteiger partial charge in [-0.05, 0) is 38.1 Å². The fourth-order valence-electron chi connectivity index (χ4n) is 3.65. The smallest absolute Gasteiger partial charge is 0.0758 e. The van der Waals surface area contributed by atoms with E-state index in [-0.39, 0.29) is 11.6 Å². The number of nitrogens with zero attached hydrogens (tertiary/aromatic N) is 2. The van der Waals surface area contributed by atoms with Crippen LogP contribution in [0.1, 0.15) is 44.3 Å². The van der Waals surface area contributed by atoms with Gasteiger partial charge in [-0.2, -0.15) is 0 Å². The second kappa shape index (κ2) is 6.81. The van der Waals surface area contributed by atoms with Crippen LogP contribution in [0, 0.1) is 5.92 Å². The Balaban J connectivity index is 1.76. The zero-order valence-electron chi connectivity index (χ0n) is 12.8. The number of aromatic nitrogens is 2. The first-order valence-corrected chi connectivity index (χ1v) is 8.04. The predicted octanol–water partition coefficient (Wildman–Crippen LogP) is 2.10. The number of ether oxygens (including phenoxy) is 2. The summed E-state index contributed by atoms with van der Waals surface area (Å²) in [6.07, 6.45) is 9.60. The van der Waals surface area contributed by atoms with Crippen molar-refractivity contribution in [2.75, 3.05) is 26.4 Å². The molecule has 0 amide bonds. The number of hydrogen-bond acceptors (Lipinski definition) is 5. The molecule has 0 aromatic carbocycles. The number of hydrogen-bond donors (Lipinski definition) is 1. The highest BCUT2D eigenvalue weighted by Gasteiger charge is 2.41. The third-order valence-corrected chi connectivity index (χ3v) is 4.73. The standard InChI is InChI=1S/C16H25N3O2/c1-2-18-15(14-12-17-6-7-19-14)13-3-8-21-16(11-13)4-9-20-10-5-16/h6-7,12-13,15,18H,2-5,8-11H2,1H3. The highest BCUT2D eigenvalue weighted by molar-refractivity contribution is 5.06. The van der Waals surface area contributed by atoms with Gasteiger partial charge in [0.1, 0.15) is 0 Å². The molecule has 2 aliphatic rings. The molecule has 3 rings (SSSR count). The third kappa shape index (κ3) is 3.42. The van der Waals surface area contributed by atoms with Crippen LogP contribution in [0.4, 0.5) is 0 Å². The van der Waals surface area contributed by atoms with E-state index in [9.17, 15) is 0 Å². The second-order valence-electron chi connectivity index (χ2n) is 6.06. The van der Waals surface area contributed by atoms with Crippen molar-refractivity contribution in [1.29, 1.82) is 0 Å². The Labute approximate surface area is 126 Å². The summed E-state index contributed by atoms with van der Waals surface area (Å²) in [5.74, 6) is 0.550. The molecule has 2 saturated heterocycles. The SMILES string of the molecule is CCNC(c1cnccn1)C1CCOC2(CCOCC2)C1. The highest BCUT2D eigenvalue weighted by Crippen LogP contribution is 2.41. The van der Waals surface area contributed by atoms with Gasteiger partial charge in [0, 0.05) is 38.4 Å². The Kier molecular flexibility index (Phi) is 4.83. The maximum absolute atomic E-state index is 6.16. The molecule has 3 heterocycles. The Morgan fingerprint density at radius 3 is 2.90 bits per heavy atom. The largest absolute Gasteiger partial charge is 0.381 e. The first-order chi connectivity index (χ1) is 10.3. The number of nitrogens with one attached hydrogen (secondary N) is 1. The van der Waals surface area contributed by atoms with Gasteiger partial charge in [0.15, 0.2) is 0 Å². The topological polar surface area (TPSA) is 56.3 Å². The maximum atomic E-state index is 6.16. The van der Waals surface area contributed by atoms with Crippen LogP contribution in [0.15, 0.2) is 18.6 Å². The van der Waals surface area contributed by atoms with Gasteiger partial charge >= 0.3 is 0 Å². The lowest BCUT2D eigenvalue weighted by Gasteiger charge is -2.45. The van der Waals surface area contributed by atoms with Crippen molar-refractivity contribution in [2.45, 2.75) is 44.2 Å². The van der Waals surface area contributed by atoms with Crippen molar-refractivity contribution in [3.8, 4) is 0 Å². The molecule has 5 nitrogen and oxygen atoms in total. The predicted molar refractivity (Wildman–Crippen MR) is 79.9 cm³/mol. The fraction of sp³-hybridized carbons (Fsp3) is 0.750. The normalized spacial score (nSPS) is 26.6. The van der Waals surface area contributed by atoms with E-state index in [4.69, 9.17) is 9.47 Å². The van der Waals surface area contributed by atoms with Crippen LogP contribution < -0.4 is 5.32 Å². The van der Waals surface area contributed by atoms with Crippen LogP contribution in [-0.4, -0.2) is 41.9 Å². The Hall–Kier alpha value is -1.04. The summed E-state index contributed by atoms with van der Waals surface area (Å²) in [5.41, 5.74) is 1.07. The van der Waals surface area contributed by atoms with Gasteiger partial charge in [0.2, 0.25) is 0 Å².